The van der Waals surface area contributed by atoms with Crippen molar-refractivity contribution in [2.45, 2.75) is 6.54 Å². The van der Waals surface area contributed by atoms with Gasteiger partial charge in [0.2, 0.25) is 15.9 Å². The maximum absolute atomic E-state index is 12.0. The zero-order valence-corrected chi connectivity index (χ0v) is 18.3. The van der Waals surface area contributed by atoms with Crippen LogP contribution in [0.15, 0.2) is 72.9 Å². The number of nitrogens with one attached hydrogen (secondary N) is 3. The summed E-state index contributed by atoms with van der Waals surface area (Å²) in [5, 5.41) is 5.18. The van der Waals surface area contributed by atoms with Crippen molar-refractivity contribution in [3.05, 3.63) is 78.5 Å². The average Bonchev–Trinajstić information content (AvgIpc) is 2.79. The van der Waals surface area contributed by atoms with Gasteiger partial charge in [-0.1, -0.05) is 30.3 Å². The van der Waals surface area contributed by atoms with Crippen molar-refractivity contribution in [1.29, 1.82) is 0 Å². The van der Waals surface area contributed by atoms with Gasteiger partial charge in [-0.2, -0.15) is 0 Å². The molecule has 3 N–H and O–H groups in total. The van der Waals surface area contributed by atoms with Crippen LogP contribution in [0.4, 0.5) is 10.5 Å². The van der Waals surface area contributed by atoms with Crippen LogP contribution in [0.3, 0.4) is 0 Å². The monoisotopic (exact) mass is 456 g/mol. The van der Waals surface area contributed by atoms with Crippen LogP contribution in [-0.2, 0) is 16.6 Å². The molecule has 168 valence electrons. The van der Waals surface area contributed by atoms with E-state index in [1.807, 2.05) is 12.1 Å². The number of para-hydroxylation sites is 1. The maximum atomic E-state index is 12.0. The molecular formula is C22H24N4O5S. The second-order valence-corrected chi connectivity index (χ2v) is 8.52. The van der Waals surface area contributed by atoms with Crippen molar-refractivity contribution >= 4 is 21.7 Å². The van der Waals surface area contributed by atoms with Crippen molar-refractivity contribution < 1.29 is 22.7 Å². The molecule has 3 rings (SSSR count). The molecule has 0 aliphatic rings. The summed E-state index contributed by atoms with van der Waals surface area (Å²) in [4.78, 5) is 16.2. The number of aromatic nitrogens is 1. The summed E-state index contributed by atoms with van der Waals surface area (Å²) in [5.41, 5.74) is 1.24. The Morgan fingerprint density at radius 1 is 0.969 bits per heavy atom. The number of benzene rings is 2. The van der Waals surface area contributed by atoms with E-state index in [4.69, 9.17) is 9.47 Å². The van der Waals surface area contributed by atoms with Gasteiger partial charge in [0, 0.05) is 37.1 Å². The lowest BCUT2D eigenvalue weighted by atomic mass is 10.3. The van der Waals surface area contributed by atoms with Crippen molar-refractivity contribution in [1.82, 2.24) is 15.6 Å². The zero-order valence-electron chi connectivity index (χ0n) is 17.4. The lowest BCUT2D eigenvalue weighted by Crippen LogP contribution is -2.38. The average molecular weight is 457 g/mol. The van der Waals surface area contributed by atoms with Crippen LogP contribution in [-0.4, -0.2) is 38.8 Å². The Balaban J connectivity index is 1.40. The molecule has 3 aromatic rings. The standard InChI is InChI=1S/C22H24N4O5S/c1-30-19-8-5-9-20(14-19)31-21-11-10-17(15-24-21)16-25-22(27)23-12-13-32(28,29)26-18-6-3-2-4-7-18/h2-11,14-15,26H,12-13,16H2,1H3,(H2,23,25,27). The number of carbonyl (C=O) groups is 1. The van der Waals surface area contributed by atoms with E-state index in [9.17, 15) is 13.2 Å². The molecule has 2 aromatic carbocycles. The Bertz CT molecular complexity index is 1120. The summed E-state index contributed by atoms with van der Waals surface area (Å²) in [6.07, 6.45) is 1.59. The summed E-state index contributed by atoms with van der Waals surface area (Å²) in [7, 11) is -1.98. The van der Waals surface area contributed by atoms with Crippen LogP contribution in [0.25, 0.3) is 0 Å². The minimum absolute atomic E-state index is 0.0282. The second kappa shape index (κ2) is 11.0. The fourth-order valence-electron chi connectivity index (χ4n) is 2.64. The van der Waals surface area contributed by atoms with Gasteiger partial charge in [0.25, 0.3) is 0 Å². The van der Waals surface area contributed by atoms with Crippen LogP contribution >= 0.6 is 0 Å². The van der Waals surface area contributed by atoms with E-state index in [0.717, 1.165) is 5.56 Å². The van der Waals surface area contributed by atoms with Crippen LogP contribution in [0.1, 0.15) is 5.56 Å². The third-order valence-electron chi connectivity index (χ3n) is 4.22. The van der Waals surface area contributed by atoms with E-state index in [0.29, 0.717) is 23.1 Å². The summed E-state index contributed by atoms with van der Waals surface area (Å²) >= 11 is 0. The molecule has 0 bridgehead atoms. The predicted molar refractivity (Wildman–Crippen MR) is 121 cm³/mol. The van der Waals surface area contributed by atoms with Gasteiger partial charge >= 0.3 is 6.03 Å². The van der Waals surface area contributed by atoms with Crippen molar-refractivity contribution in [3.8, 4) is 17.4 Å². The Hall–Kier alpha value is -3.79. The SMILES string of the molecule is COc1cccc(Oc2ccc(CNC(=O)NCCS(=O)(=O)Nc3ccccc3)cn2)c1. The summed E-state index contributed by atoms with van der Waals surface area (Å²) in [6.45, 7) is 0.201. The fraction of sp³-hybridized carbons (Fsp3) is 0.182. The molecule has 0 radical (unpaired) electrons. The first-order valence-electron chi connectivity index (χ1n) is 9.77. The van der Waals surface area contributed by atoms with Gasteiger partial charge in [0.15, 0.2) is 0 Å². The Kier molecular flexibility index (Phi) is 7.87. The largest absolute Gasteiger partial charge is 0.497 e. The van der Waals surface area contributed by atoms with E-state index in [1.54, 1.807) is 67.9 Å². The Morgan fingerprint density at radius 2 is 1.75 bits per heavy atom. The van der Waals surface area contributed by atoms with Crippen LogP contribution in [0.5, 0.6) is 17.4 Å². The highest BCUT2D eigenvalue weighted by Crippen LogP contribution is 2.23. The number of carbonyl (C=O) groups excluding carboxylic acids is 1. The second-order valence-electron chi connectivity index (χ2n) is 6.68. The first kappa shape index (κ1) is 22.9. The number of anilines is 1. The number of pyridine rings is 1. The number of rotatable bonds is 10. The van der Waals surface area contributed by atoms with Crippen LogP contribution in [0.2, 0.25) is 0 Å². The molecule has 0 saturated heterocycles. The molecule has 0 spiro atoms. The minimum Gasteiger partial charge on any atom is -0.497 e. The van der Waals surface area contributed by atoms with Crippen LogP contribution in [0, 0.1) is 0 Å². The molecule has 10 heteroatoms. The molecule has 9 nitrogen and oxygen atoms in total. The number of urea groups is 1. The number of hydrogen-bond donors (Lipinski definition) is 3. The normalized spacial score (nSPS) is 10.8. The number of sulfonamides is 1. The summed E-state index contributed by atoms with van der Waals surface area (Å²) in [5.74, 6) is 1.44. The highest BCUT2D eigenvalue weighted by Gasteiger charge is 2.11. The molecular weight excluding hydrogens is 432 g/mol. The fourth-order valence-corrected chi connectivity index (χ4v) is 3.61. The molecule has 0 aliphatic carbocycles. The van der Waals surface area contributed by atoms with Crippen LogP contribution < -0.4 is 24.8 Å². The van der Waals surface area contributed by atoms with E-state index in [-0.39, 0.29) is 18.8 Å². The summed E-state index contributed by atoms with van der Waals surface area (Å²) < 4.78 is 37.4. The van der Waals surface area contributed by atoms with Gasteiger partial charge in [-0.25, -0.2) is 18.2 Å². The van der Waals surface area contributed by atoms with Gasteiger partial charge in [-0.3, -0.25) is 4.72 Å². The molecule has 2 amide bonds. The van der Waals surface area contributed by atoms with Gasteiger partial charge in [0.1, 0.15) is 11.5 Å². The lowest BCUT2D eigenvalue weighted by Gasteiger charge is -2.10. The third-order valence-corrected chi connectivity index (χ3v) is 5.51. The third kappa shape index (κ3) is 7.47. The minimum atomic E-state index is -3.56. The molecule has 1 heterocycles. The van der Waals surface area contributed by atoms with Gasteiger partial charge in [0.05, 0.1) is 12.9 Å². The number of hydrogen-bond acceptors (Lipinski definition) is 6. The van der Waals surface area contributed by atoms with Crippen molar-refractivity contribution in [3.63, 3.8) is 0 Å². The number of amides is 2. The summed E-state index contributed by atoms with van der Waals surface area (Å²) in [6, 6.07) is 18.7. The number of ether oxygens (including phenoxy) is 2. The molecule has 0 saturated carbocycles. The maximum Gasteiger partial charge on any atom is 0.315 e. The first-order chi connectivity index (χ1) is 15.4. The first-order valence-corrected chi connectivity index (χ1v) is 11.4. The quantitative estimate of drug-likeness (QED) is 0.431. The molecule has 0 unspecified atom stereocenters. The molecule has 1 aromatic heterocycles. The van der Waals surface area contributed by atoms with Gasteiger partial charge < -0.3 is 20.1 Å². The van der Waals surface area contributed by atoms with E-state index in [2.05, 4.69) is 20.3 Å². The predicted octanol–water partition coefficient (Wildman–Crippen LogP) is 3.12. The molecule has 0 atom stereocenters. The number of nitrogens with zero attached hydrogens (tertiary/aromatic N) is 1. The molecule has 0 fully saturated rings. The van der Waals surface area contributed by atoms with Crippen molar-refractivity contribution in [2.75, 3.05) is 24.1 Å². The van der Waals surface area contributed by atoms with Gasteiger partial charge in [-0.15, -0.1) is 0 Å². The Labute approximate surface area is 186 Å². The van der Waals surface area contributed by atoms with E-state index < -0.39 is 16.1 Å². The van der Waals surface area contributed by atoms with E-state index >= 15 is 0 Å². The van der Waals surface area contributed by atoms with E-state index in [1.165, 1.54) is 0 Å². The zero-order chi connectivity index (χ0) is 22.8. The highest BCUT2D eigenvalue weighted by molar-refractivity contribution is 7.92. The number of methoxy groups -OCH3 is 1. The molecule has 0 aliphatic heterocycles. The highest BCUT2D eigenvalue weighted by atomic mass is 32.2. The lowest BCUT2D eigenvalue weighted by molar-refractivity contribution is 0.241. The molecule has 32 heavy (non-hydrogen) atoms. The smallest absolute Gasteiger partial charge is 0.315 e. The van der Waals surface area contributed by atoms with Crippen molar-refractivity contribution in [2.24, 2.45) is 0 Å². The van der Waals surface area contributed by atoms with Gasteiger partial charge in [-0.05, 0) is 29.8 Å². The Morgan fingerprint density at radius 3 is 2.47 bits per heavy atom. The topological polar surface area (TPSA) is 119 Å².